The smallest absolute Gasteiger partial charge is 0.321 e. The zero-order valence-electron chi connectivity index (χ0n) is 13.7. The van der Waals surface area contributed by atoms with Gasteiger partial charge >= 0.3 is 5.97 Å². The molecule has 2 aromatic rings. The highest BCUT2D eigenvalue weighted by Crippen LogP contribution is 2.40. The van der Waals surface area contributed by atoms with Crippen LogP contribution in [-0.4, -0.2) is 27.8 Å². The van der Waals surface area contributed by atoms with Gasteiger partial charge in [0, 0.05) is 39.1 Å². The fourth-order valence-corrected chi connectivity index (χ4v) is 4.35. The van der Waals surface area contributed by atoms with E-state index in [9.17, 15) is 14.9 Å². The van der Waals surface area contributed by atoms with Crippen molar-refractivity contribution < 1.29 is 19.6 Å². The molecule has 142 valence electrons. The molecule has 3 rings (SSSR count). The number of nitro groups is 1. The lowest BCUT2D eigenvalue weighted by Gasteiger charge is -2.17. The minimum absolute atomic E-state index is 0.0725. The Kier molecular flexibility index (Phi) is 6.11. The molecule has 0 aromatic heterocycles. The van der Waals surface area contributed by atoms with E-state index in [2.05, 4.69) is 5.32 Å². The summed E-state index contributed by atoms with van der Waals surface area (Å²) >= 11 is 13.6. The highest BCUT2D eigenvalue weighted by molar-refractivity contribution is 7.99. The molecule has 2 aromatic carbocycles. The van der Waals surface area contributed by atoms with Crippen LogP contribution in [0.25, 0.3) is 0 Å². The Hall–Kier alpha value is -2.00. The van der Waals surface area contributed by atoms with E-state index < -0.39 is 22.3 Å². The molecule has 2 N–H and O–H groups in total. The van der Waals surface area contributed by atoms with Gasteiger partial charge in [-0.3, -0.25) is 20.2 Å². The molecule has 2 atom stereocenters. The van der Waals surface area contributed by atoms with Crippen LogP contribution >= 0.6 is 35.0 Å². The van der Waals surface area contributed by atoms with Crippen LogP contribution in [0.1, 0.15) is 16.5 Å². The zero-order chi connectivity index (χ0) is 19.6. The molecule has 1 saturated heterocycles. The molecule has 0 bridgehead atoms. The average Bonchev–Trinajstić information content (AvgIpc) is 3.11. The van der Waals surface area contributed by atoms with Crippen LogP contribution in [0.15, 0.2) is 36.4 Å². The maximum absolute atomic E-state index is 11.2. The summed E-state index contributed by atoms with van der Waals surface area (Å²) in [6, 6.07) is 8.58. The Morgan fingerprint density at radius 2 is 2.04 bits per heavy atom. The van der Waals surface area contributed by atoms with Crippen molar-refractivity contribution in [2.75, 3.05) is 5.75 Å². The molecule has 0 aliphatic carbocycles. The topological polar surface area (TPSA) is 102 Å². The fraction of sp³-hybridized carbons (Fsp3) is 0.235. The van der Waals surface area contributed by atoms with Crippen LogP contribution in [-0.2, 0) is 11.4 Å². The van der Waals surface area contributed by atoms with Crippen molar-refractivity contribution in [2.24, 2.45) is 0 Å². The van der Waals surface area contributed by atoms with Gasteiger partial charge in [0.2, 0.25) is 0 Å². The molecule has 1 aliphatic rings. The molecular formula is C17H14Cl2N2O5S. The standard InChI is InChI=1S/C17H14Cl2N2O5S/c18-12-2-1-3-13(19)11(12)7-26-15-5-4-9(21(24)25)6-10(15)16-20-14(8-27-16)17(22)23/h1-6,14,16,20H,7-8H2,(H,22,23). The van der Waals surface area contributed by atoms with Gasteiger partial charge in [0.15, 0.2) is 0 Å². The largest absolute Gasteiger partial charge is 0.488 e. The molecule has 1 heterocycles. The third kappa shape index (κ3) is 4.47. The lowest BCUT2D eigenvalue weighted by atomic mass is 10.1. The number of nitrogens with zero attached hydrogens (tertiary/aromatic N) is 1. The van der Waals surface area contributed by atoms with Crippen LogP contribution in [0.5, 0.6) is 5.75 Å². The van der Waals surface area contributed by atoms with Gasteiger partial charge in [0.25, 0.3) is 5.69 Å². The summed E-state index contributed by atoms with van der Waals surface area (Å²) in [5, 5.41) is 23.7. The predicted molar refractivity (Wildman–Crippen MR) is 104 cm³/mol. The Morgan fingerprint density at radius 3 is 2.63 bits per heavy atom. The summed E-state index contributed by atoms with van der Waals surface area (Å²) in [4.78, 5) is 21.8. The molecule has 2 unspecified atom stereocenters. The van der Waals surface area contributed by atoms with Crippen LogP contribution < -0.4 is 10.1 Å². The normalized spacial score (nSPS) is 19.0. The quantitative estimate of drug-likeness (QED) is 0.522. The van der Waals surface area contributed by atoms with Gasteiger partial charge in [-0.05, 0) is 18.2 Å². The van der Waals surface area contributed by atoms with E-state index in [1.807, 2.05) is 0 Å². The molecular weight excluding hydrogens is 415 g/mol. The van der Waals surface area contributed by atoms with Crippen molar-refractivity contribution in [1.82, 2.24) is 5.32 Å². The molecule has 7 nitrogen and oxygen atoms in total. The minimum Gasteiger partial charge on any atom is -0.488 e. The van der Waals surface area contributed by atoms with E-state index in [1.165, 1.54) is 30.0 Å². The Balaban J connectivity index is 1.88. The molecule has 27 heavy (non-hydrogen) atoms. The number of rotatable bonds is 6. The number of nitrogens with one attached hydrogen (secondary N) is 1. The monoisotopic (exact) mass is 428 g/mol. The molecule has 10 heteroatoms. The first-order chi connectivity index (χ1) is 12.9. The second kappa shape index (κ2) is 8.35. The lowest BCUT2D eigenvalue weighted by molar-refractivity contribution is -0.384. The third-order valence-electron chi connectivity index (χ3n) is 4.00. The van der Waals surface area contributed by atoms with Gasteiger partial charge in [-0.2, -0.15) is 0 Å². The molecule has 0 radical (unpaired) electrons. The van der Waals surface area contributed by atoms with Crippen LogP contribution in [0.4, 0.5) is 5.69 Å². The number of hydrogen-bond acceptors (Lipinski definition) is 6. The maximum Gasteiger partial charge on any atom is 0.321 e. The van der Waals surface area contributed by atoms with Crippen molar-refractivity contribution >= 4 is 46.6 Å². The summed E-state index contributed by atoms with van der Waals surface area (Å²) in [7, 11) is 0. The number of ether oxygens (including phenoxy) is 1. The Labute approximate surface area is 168 Å². The second-order valence-corrected chi connectivity index (χ2v) is 7.69. The SMILES string of the molecule is O=C(O)C1CSC(c2cc([N+](=O)[O-])ccc2OCc2c(Cl)cccc2Cl)N1. The van der Waals surface area contributed by atoms with E-state index in [4.69, 9.17) is 33.0 Å². The lowest BCUT2D eigenvalue weighted by Crippen LogP contribution is -2.33. The Bertz CT molecular complexity index is 875. The predicted octanol–water partition coefficient (Wildman–Crippen LogP) is 4.27. The van der Waals surface area contributed by atoms with Gasteiger partial charge in [-0.1, -0.05) is 29.3 Å². The van der Waals surface area contributed by atoms with Crippen molar-refractivity contribution in [3.8, 4) is 5.75 Å². The number of halogens is 2. The fourth-order valence-electron chi connectivity index (χ4n) is 2.60. The van der Waals surface area contributed by atoms with Crippen molar-refractivity contribution in [3.63, 3.8) is 0 Å². The van der Waals surface area contributed by atoms with Crippen molar-refractivity contribution in [2.45, 2.75) is 18.0 Å². The average molecular weight is 429 g/mol. The van der Waals surface area contributed by atoms with E-state index in [-0.39, 0.29) is 12.3 Å². The number of hydrogen-bond donors (Lipinski definition) is 2. The first-order valence-electron chi connectivity index (χ1n) is 7.81. The zero-order valence-corrected chi connectivity index (χ0v) is 16.1. The summed E-state index contributed by atoms with van der Waals surface area (Å²) < 4.78 is 5.84. The van der Waals surface area contributed by atoms with Crippen LogP contribution in [0.3, 0.4) is 0 Å². The summed E-state index contributed by atoms with van der Waals surface area (Å²) in [6.07, 6.45) is 0. The summed E-state index contributed by atoms with van der Waals surface area (Å²) in [5.41, 5.74) is 0.996. The van der Waals surface area contributed by atoms with Gasteiger partial charge in [-0.25, -0.2) is 0 Å². The number of aliphatic carboxylic acids is 1. The number of carboxylic acids is 1. The molecule has 0 amide bonds. The van der Waals surface area contributed by atoms with Gasteiger partial charge in [-0.15, -0.1) is 11.8 Å². The summed E-state index contributed by atoms with van der Waals surface area (Å²) in [6.45, 7) is 0.0725. The van der Waals surface area contributed by atoms with Gasteiger partial charge in [0.1, 0.15) is 18.4 Å². The van der Waals surface area contributed by atoms with E-state index in [0.717, 1.165) is 0 Å². The number of thioether (sulfide) groups is 1. The van der Waals surface area contributed by atoms with Crippen LogP contribution in [0, 0.1) is 10.1 Å². The van der Waals surface area contributed by atoms with Crippen molar-refractivity contribution in [1.29, 1.82) is 0 Å². The van der Waals surface area contributed by atoms with Crippen molar-refractivity contribution in [3.05, 3.63) is 67.7 Å². The second-order valence-electron chi connectivity index (χ2n) is 5.74. The summed E-state index contributed by atoms with van der Waals surface area (Å²) in [5.74, 6) is -0.230. The van der Waals surface area contributed by atoms with Gasteiger partial charge < -0.3 is 9.84 Å². The number of benzene rings is 2. The first-order valence-corrected chi connectivity index (χ1v) is 9.61. The maximum atomic E-state index is 11.2. The molecule has 0 saturated carbocycles. The number of carbonyl (C=O) groups is 1. The highest BCUT2D eigenvalue weighted by Gasteiger charge is 2.33. The van der Waals surface area contributed by atoms with Crippen LogP contribution in [0.2, 0.25) is 10.0 Å². The third-order valence-corrected chi connectivity index (χ3v) is 5.96. The van der Waals surface area contributed by atoms with E-state index in [1.54, 1.807) is 18.2 Å². The van der Waals surface area contributed by atoms with E-state index >= 15 is 0 Å². The minimum atomic E-state index is -0.972. The molecule has 1 aliphatic heterocycles. The Morgan fingerprint density at radius 1 is 1.33 bits per heavy atom. The molecule has 1 fully saturated rings. The number of nitro benzene ring substituents is 1. The number of non-ortho nitro benzene ring substituents is 1. The van der Waals surface area contributed by atoms with E-state index in [0.29, 0.717) is 32.7 Å². The first kappa shape index (κ1) is 19.8. The van der Waals surface area contributed by atoms with Gasteiger partial charge in [0.05, 0.1) is 10.3 Å². The molecule has 0 spiro atoms. The number of carboxylic acid groups (broad SMARTS) is 1. The highest BCUT2D eigenvalue weighted by atomic mass is 35.5.